The van der Waals surface area contributed by atoms with Gasteiger partial charge in [-0.3, -0.25) is 9.59 Å². The number of fused-ring (bicyclic) bond motifs is 3. The fourth-order valence-electron chi connectivity index (χ4n) is 8.69. The Morgan fingerprint density at radius 3 is 2.29 bits per heavy atom. The molecule has 4 heteroatoms. The number of allylic oxidation sites excluding steroid dienone is 3. The van der Waals surface area contributed by atoms with Crippen LogP contribution in [0.25, 0.3) is 0 Å². The summed E-state index contributed by atoms with van der Waals surface area (Å²) in [5.41, 5.74) is 0.210. The minimum atomic E-state index is -0.850. The first-order valence-corrected chi connectivity index (χ1v) is 12.1. The van der Waals surface area contributed by atoms with Gasteiger partial charge in [0.05, 0.1) is 12.7 Å². The van der Waals surface area contributed by atoms with Crippen molar-refractivity contribution in [1.29, 1.82) is 0 Å². The standard InChI is InChI=1S/C27H40O4/c1-24(2)10-7-11-25(3)20(24)8-12-26(4)21(25)9-13-27(5,30)22(26)15-17-14-18(28)16-19(31-6)23(17)29/h14,16,20-22,30H,7-13,15H2,1-6H3/t20?,21?,22-,25-,26+,27-/m0/s1. The van der Waals surface area contributed by atoms with Gasteiger partial charge < -0.3 is 9.84 Å². The van der Waals surface area contributed by atoms with E-state index in [2.05, 4.69) is 27.7 Å². The van der Waals surface area contributed by atoms with Crippen molar-refractivity contribution in [2.24, 2.45) is 34.0 Å². The lowest BCUT2D eigenvalue weighted by Crippen LogP contribution is -2.62. The molecule has 31 heavy (non-hydrogen) atoms. The Bertz CT molecular complexity index is 847. The Kier molecular flexibility index (Phi) is 5.36. The third-order valence-corrected chi connectivity index (χ3v) is 10.1. The van der Waals surface area contributed by atoms with Gasteiger partial charge in [0.25, 0.3) is 0 Å². The van der Waals surface area contributed by atoms with E-state index in [0.29, 0.717) is 29.2 Å². The maximum atomic E-state index is 12.9. The fourth-order valence-corrected chi connectivity index (χ4v) is 8.69. The van der Waals surface area contributed by atoms with Gasteiger partial charge in [-0.25, -0.2) is 0 Å². The molecule has 2 unspecified atom stereocenters. The first-order valence-electron chi connectivity index (χ1n) is 12.1. The predicted octanol–water partition coefficient (Wildman–Crippen LogP) is 5.39. The number of aliphatic hydroxyl groups is 1. The molecule has 4 nitrogen and oxygen atoms in total. The largest absolute Gasteiger partial charge is 0.493 e. The Morgan fingerprint density at radius 1 is 0.935 bits per heavy atom. The third-order valence-electron chi connectivity index (χ3n) is 10.1. The molecule has 0 bridgehead atoms. The third kappa shape index (κ3) is 3.44. The molecule has 4 aliphatic carbocycles. The highest BCUT2D eigenvalue weighted by molar-refractivity contribution is 6.19. The molecule has 0 radical (unpaired) electrons. The molecule has 3 saturated carbocycles. The Morgan fingerprint density at radius 2 is 1.61 bits per heavy atom. The number of rotatable bonds is 3. The van der Waals surface area contributed by atoms with Gasteiger partial charge in [-0.05, 0) is 91.9 Å². The summed E-state index contributed by atoms with van der Waals surface area (Å²) in [7, 11) is 1.43. The number of hydrogen-bond acceptors (Lipinski definition) is 4. The molecule has 4 aliphatic rings. The molecular formula is C27H40O4. The van der Waals surface area contributed by atoms with E-state index < -0.39 is 5.60 Å². The second kappa shape index (κ2) is 7.30. The summed E-state index contributed by atoms with van der Waals surface area (Å²) in [6, 6.07) is 0. The molecule has 3 fully saturated rings. The minimum Gasteiger partial charge on any atom is -0.493 e. The first-order chi connectivity index (χ1) is 14.3. The smallest absolute Gasteiger partial charge is 0.223 e. The maximum absolute atomic E-state index is 12.9. The molecule has 4 rings (SSSR count). The lowest BCUT2D eigenvalue weighted by Gasteiger charge is -2.67. The fraction of sp³-hybridized carbons (Fsp3) is 0.778. The van der Waals surface area contributed by atoms with Crippen molar-refractivity contribution in [2.45, 2.75) is 91.6 Å². The van der Waals surface area contributed by atoms with Crippen LogP contribution in [0.4, 0.5) is 0 Å². The van der Waals surface area contributed by atoms with Gasteiger partial charge in [0.1, 0.15) is 0 Å². The summed E-state index contributed by atoms with van der Waals surface area (Å²) in [5, 5.41) is 11.6. The molecule has 6 atom stereocenters. The van der Waals surface area contributed by atoms with E-state index >= 15 is 0 Å². The highest BCUT2D eigenvalue weighted by atomic mass is 16.5. The molecular weight excluding hydrogens is 388 g/mol. The Balaban J connectivity index is 1.70. The zero-order chi connectivity index (χ0) is 22.8. The lowest BCUT2D eigenvalue weighted by molar-refractivity contribution is -0.209. The monoisotopic (exact) mass is 428 g/mol. The van der Waals surface area contributed by atoms with Crippen molar-refractivity contribution >= 4 is 11.6 Å². The molecule has 0 aliphatic heterocycles. The molecule has 172 valence electrons. The van der Waals surface area contributed by atoms with Gasteiger partial charge in [-0.1, -0.05) is 34.1 Å². The summed E-state index contributed by atoms with van der Waals surface area (Å²) in [4.78, 5) is 25.1. The molecule has 0 heterocycles. The van der Waals surface area contributed by atoms with E-state index in [-0.39, 0.29) is 34.1 Å². The molecule has 1 N–H and O–H groups in total. The Labute approximate surface area is 187 Å². The van der Waals surface area contributed by atoms with Gasteiger partial charge >= 0.3 is 0 Å². The quantitative estimate of drug-likeness (QED) is 0.612. The van der Waals surface area contributed by atoms with Crippen molar-refractivity contribution in [3.63, 3.8) is 0 Å². The van der Waals surface area contributed by atoms with Crippen LogP contribution in [0.5, 0.6) is 0 Å². The van der Waals surface area contributed by atoms with Crippen LogP contribution in [0.1, 0.15) is 86.0 Å². The number of ether oxygens (including phenoxy) is 1. The number of carbonyl (C=O) groups excluding carboxylic acids is 2. The highest BCUT2D eigenvalue weighted by Gasteiger charge is 2.64. The van der Waals surface area contributed by atoms with Crippen LogP contribution in [0, 0.1) is 34.0 Å². The number of carbonyl (C=O) groups is 2. The molecule has 0 spiro atoms. The van der Waals surface area contributed by atoms with Crippen LogP contribution >= 0.6 is 0 Å². The van der Waals surface area contributed by atoms with Crippen LogP contribution in [0.15, 0.2) is 23.5 Å². The van der Waals surface area contributed by atoms with E-state index in [4.69, 9.17) is 4.74 Å². The van der Waals surface area contributed by atoms with Crippen molar-refractivity contribution in [1.82, 2.24) is 0 Å². The van der Waals surface area contributed by atoms with Crippen LogP contribution in [-0.2, 0) is 14.3 Å². The normalized spacial score (nSPS) is 44.7. The Hall–Kier alpha value is -1.42. The SMILES string of the molecule is COC1=CC(=O)C=C(C[C@@H]2[C@@](C)(O)CCC3[C@@]4(C)CCCC(C)(C)C4CC[C@]32C)C1=O. The average Bonchev–Trinajstić information content (AvgIpc) is 2.65. The summed E-state index contributed by atoms with van der Waals surface area (Å²) >= 11 is 0. The zero-order valence-corrected chi connectivity index (χ0v) is 20.2. The van der Waals surface area contributed by atoms with Crippen molar-refractivity contribution in [2.75, 3.05) is 7.11 Å². The van der Waals surface area contributed by atoms with Crippen molar-refractivity contribution < 1.29 is 19.4 Å². The second-order valence-electron chi connectivity index (χ2n) is 12.3. The van der Waals surface area contributed by atoms with Gasteiger partial charge in [0.2, 0.25) is 5.78 Å². The molecule has 0 aromatic rings. The summed E-state index contributed by atoms with van der Waals surface area (Å²) < 4.78 is 5.17. The number of ketones is 2. The van der Waals surface area contributed by atoms with E-state index in [1.165, 1.54) is 44.9 Å². The van der Waals surface area contributed by atoms with Gasteiger partial charge in [-0.2, -0.15) is 0 Å². The van der Waals surface area contributed by atoms with Crippen LogP contribution in [0.3, 0.4) is 0 Å². The molecule has 0 aromatic carbocycles. The van der Waals surface area contributed by atoms with Crippen molar-refractivity contribution in [3.8, 4) is 0 Å². The number of Topliss-reactive ketones (excluding diaryl/α,β-unsaturated/α-hetero) is 1. The predicted molar refractivity (Wildman–Crippen MR) is 121 cm³/mol. The highest BCUT2D eigenvalue weighted by Crippen LogP contribution is 2.70. The van der Waals surface area contributed by atoms with Gasteiger partial charge in [-0.15, -0.1) is 0 Å². The van der Waals surface area contributed by atoms with Gasteiger partial charge in [0.15, 0.2) is 11.5 Å². The zero-order valence-electron chi connectivity index (χ0n) is 20.2. The van der Waals surface area contributed by atoms with E-state index in [1.54, 1.807) is 0 Å². The molecule has 0 amide bonds. The molecule has 0 saturated heterocycles. The number of methoxy groups -OCH3 is 1. The summed E-state index contributed by atoms with van der Waals surface area (Å²) in [5.74, 6) is 0.882. The maximum Gasteiger partial charge on any atom is 0.223 e. The minimum absolute atomic E-state index is 0.0548. The topological polar surface area (TPSA) is 63.6 Å². The summed E-state index contributed by atoms with van der Waals surface area (Å²) in [6.45, 7) is 11.7. The average molecular weight is 429 g/mol. The summed E-state index contributed by atoms with van der Waals surface area (Å²) in [6.07, 6.45) is 11.0. The first kappa shape index (κ1) is 22.8. The van der Waals surface area contributed by atoms with Crippen LogP contribution < -0.4 is 0 Å². The van der Waals surface area contributed by atoms with E-state index in [1.807, 2.05) is 6.92 Å². The van der Waals surface area contributed by atoms with Gasteiger partial charge in [0, 0.05) is 11.6 Å². The van der Waals surface area contributed by atoms with Crippen molar-refractivity contribution in [3.05, 3.63) is 23.5 Å². The van der Waals surface area contributed by atoms with E-state index in [9.17, 15) is 14.7 Å². The number of hydrogen-bond donors (Lipinski definition) is 1. The van der Waals surface area contributed by atoms with Crippen LogP contribution in [-0.4, -0.2) is 29.4 Å². The second-order valence-corrected chi connectivity index (χ2v) is 12.3. The lowest BCUT2D eigenvalue weighted by atomic mass is 9.38. The van der Waals surface area contributed by atoms with Crippen LogP contribution in [0.2, 0.25) is 0 Å². The van der Waals surface area contributed by atoms with E-state index in [0.717, 1.165) is 19.3 Å². The molecule has 0 aromatic heterocycles.